The van der Waals surface area contributed by atoms with Gasteiger partial charge in [0.2, 0.25) is 0 Å². The number of anilines is 3. The Morgan fingerprint density at radius 1 is 1.30 bits per heavy atom. The van der Waals surface area contributed by atoms with E-state index in [2.05, 4.69) is 15.2 Å². The largest absolute Gasteiger partial charge is 0.496 e. The van der Waals surface area contributed by atoms with Gasteiger partial charge in [-0.3, -0.25) is 4.79 Å². The maximum atomic E-state index is 12.5. The van der Waals surface area contributed by atoms with Gasteiger partial charge in [-0.05, 0) is 18.2 Å². The van der Waals surface area contributed by atoms with E-state index in [0.29, 0.717) is 41.1 Å². The Labute approximate surface area is 175 Å². The number of nitrogen functional groups attached to an aromatic ring is 1. The molecule has 1 aromatic heterocycles. The summed E-state index contributed by atoms with van der Waals surface area (Å²) < 4.78 is 10.5. The summed E-state index contributed by atoms with van der Waals surface area (Å²) in [6, 6.07) is 6.68. The Hall–Kier alpha value is -1.93. The SMILES string of the molecule is COc1cc(N)c(Cl)cc1C(=O)Nc1ccc(N2CCOCC2)cn1.Cl.Cl. The van der Waals surface area contributed by atoms with Crippen LogP contribution in [0.5, 0.6) is 5.75 Å². The van der Waals surface area contributed by atoms with Crippen molar-refractivity contribution in [1.82, 2.24) is 4.98 Å². The number of ether oxygens (including phenoxy) is 2. The molecule has 0 saturated carbocycles. The lowest BCUT2D eigenvalue weighted by Crippen LogP contribution is -2.36. The van der Waals surface area contributed by atoms with Crippen molar-refractivity contribution in [2.75, 3.05) is 49.4 Å². The predicted octanol–water partition coefficient (Wildman–Crippen LogP) is 3.26. The van der Waals surface area contributed by atoms with Crippen LogP contribution in [-0.2, 0) is 4.74 Å². The Morgan fingerprint density at radius 2 is 2.00 bits per heavy atom. The third-order valence-corrected chi connectivity index (χ3v) is 4.26. The monoisotopic (exact) mass is 434 g/mol. The van der Waals surface area contributed by atoms with Gasteiger partial charge < -0.3 is 25.4 Å². The molecule has 10 heteroatoms. The smallest absolute Gasteiger partial charge is 0.260 e. The highest BCUT2D eigenvalue weighted by Crippen LogP contribution is 2.29. The second kappa shape index (κ2) is 10.4. The van der Waals surface area contributed by atoms with E-state index in [4.69, 9.17) is 26.8 Å². The molecule has 1 aromatic carbocycles. The van der Waals surface area contributed by atoms with E-state index in [1.165, 1.54) is 19.2 Å². The molecular formula is C17H21Cl3N4O3. The van der Waals surface area contributed by atoms with Crippen molar-refractivity contribution in [3.63, 3.8) is 0 Å². The number of rotatable bonds is 4. The number of methoxy groups -OCH3 is 1. The zero-order valence-corrected chi connectivity index (χ0v) is 17.0. The van der Waals surface area contributed by atoms with Gasteiger partial charge in [0, 0.05) is 19.2 Å². The van der Waals surface area contributed by atoms with Gasteiger partial charge in [-0.2, -0.15) is 0 Å². The average molecular weight is 436 g/mol. The quantitative estimate of drug-likeness (QED) is 0.717. The molecule has 2 heterocycles. The van der Waals surface area contributed by atoms with Crippen LogP contribution >= 0.6 is 36.4 Å². The minimum absolute atomic E-state index is 0. The van der Waals surface area contributed by atoms with Gasteiger partial charge in [-0.1, -0.05) is 11.6 Å². The summed E-state index contributed by atoms with van der Waals surface area (Å²) >= 11 is 6.00. The number of aromatic nitrogens is 1. The molecule has 148 valence electrons. The molecule has 1 aliphatic heterocycles. The average Bonchev–Trinajstić information content (AvgIpc) is 2.65. The minimum atomic E-state index is -0.370. The molecule has 0 spiro atoms. The number of nitrogens with one attached hydrogen (secondary N) is 1. The Kier molecular flexibility index (Phi) is 8.92. The van der Waals surface area contributed by atoms with Crippen molar-refractivity contribution >= 4 is 59.5 Å². The van der Waals surface area contributed by atoms with Gasteiger partial charge in [0.25, 0.3) is 5.91 Å². The van der Waals surface area contributed by atoms with Crippen LogP contribution in [0.25, 0.3) is 0 Å². The number of carbonyl (C=O) groups excluding carboxylic acids is 1. The standard InChI is InChI=1S/C17H19ClN4O3.2ClH/c1-24-15-9-14(19)13(18)8-12(15)17(23)21-16-3-2-11(10-20-16)22-4-6-25-7-5-22;;/h2-3,8-10H,4-7,19H2,1H3,(H,20,21,23);2*1H. The van der Waals surface area contributed by atoms with Crippen LogP contribution in [0.15, 0.2) is 30.5 Å². The minimum Gasteiger partial charge on any atom is -0.496 e. The van der Waals surface area contributed by atoms with Crippen LogP contribution in [0.3, 0.4) is 0 Å². The van der Waals surface area contributed by atoms with Crippen LogP contribution < -0.4 is 20.7 Å². The van der Waals surface area contributed by atoms with Gasteiger partial charge in [0.15, 0.2) is 0 Å². The molecular weight excluding hydrogens is 415 g/mol. The summed E-state index contributed by atoms with van der Waals surface area (Å²) in [5, 5.41) is 3.03. The van der Waals surface area contributed by atoms with Gasteiger partial charge in [-0.15, -0.1) is 24.8 Å². The number of hydrogen-bond donors (Lipinski definition) is 2. The summed E-state index contributed by atoms with van der Waals surface area (Å²) in [4.78, 5) is 19.0. The fourth-order valence-electron chi connectivity index (χ4n) is 2.57. The first-order valence-corrected chi connectivity index (χ1v) is 8.19. The molecule has 0 atom stereocenters. The van der Waals surface area contributed by atoms with Gasteiger partial charge in [0.05, 0.1) is 48.5 Å². The Morgan fingerprint density at radius 3 is 2.59 bits per heavy atom. The molecule has 0 radical (unpaired) electrons. The fourth-order valence-corrected chi connectivity index (χ4v) is 2.73. The molecule has 3 N–H and O–H groups in total. The first-order chi connectivity index (χ1) is 12.1. The number of carbonyl (C=O) groups is 1. The highest BCUT2D eigenvalue weighted by atomic mass is 35.5. The molecule has 7 nitrogen and oxygen atoms in total. The highest BCUT2D eigenvalue weighted by molar-refractivity contribution is 6.33. The Balaban J connectivity index is 0.00000182. The zero-order valence-electron chi connectivity index (χ0n) is 14.6. The zero-order chi connectivity index (χ0) is 17.8. The van der Waals surface area contributed by atoms with Crippen LogP contribution in [0.2, 0.25) is 5.02 Å². The van der Waals surface area contributed by atoms with Gasteiger partial charge in [-0.25, -0.2) is 4.98 Å². The van der Waals surface area contributed by atoms with Crippen molar-refractivity contribution in [2.24, 2.45) is 0 Å². The second-order valence-electron chi connectivity index (χ2n) is 5.53. The van der Waals surface area contributed by atoms with E-state index in [9.17, 15) is 4.79 Å². The van der Waals surface area contributed by atoms with Crippen molar-refractivity contribution < 1.29 is 14.3 Å². The van der Waals surface area contributed by atoms with E-state index >= 15 is 0 Å². The van der Waals surface area contributed by atoms with Crippen LogP contribution in [0, 0.1) is 0 Å². The lowest BCUT2D eigenvalue weighted by molar-refractivity contribution is 0.102. The van der Waals surface area contributed by atoms with Crippen molar-refractivity contribution in [3.8, 4) is 5.75 Å². The first-order valence-electron chi connectivity index (χ1n) is 7.81. The first kappa shape index (κ1) is 23.1. The third kappa shape index (κ3) is 5.52. The predicted molar refractivity (Wildman–Crippen MR) is 112 cm³/mol. The molecule has 0 unspecified atom stereocenters. The number of pyridine rings is 1. The number of nitrogens with zero attached hydrogens (tertiary/aromatic N) is 2. The number of morpholine rings is 1. The van der Waals surface area contributed by atoms with Crippen LogP contribution in [0.1, 0.15) is 10.4 Å². The molecule has 1 aliphatic rings. The van der Waals surface area contributed by atoms with Gasteiger partial charge in [0.1, 0.15) is 11.6 Å². The van der Waals surface area contributed by atoms with Crippen molar-refractivity contribution in [2.45, 2.75) is 0 Å². The van der Waals surface area contributed by atoms with E-state index in [1.54, 1.807) is 12.3 Å². The summed E-state index contributed by atoms with van der Waals surface area (Å²) in [5.74, 6) is 0.423. The lowest BCUT2D eigenvalue weighted by Gasteiger charge is -2.28. The molecule has 1 fully saturated rings. The van der Waals surface area contributed by atoms with Crippen LogP contribution in [-0.4, -0.2) is 44.3 Å². The summed E-state index contributed by atoms with van der Waals surface area (Å²) in [6.45, 7) is 3.06. The summed E-state index contributed by atoms with van der Waals surface area (Å²) in [7, 11) is 1.47. The molecule has 0 bridgehead atoms. The maximum absolute atomic E-state index is 12.5. The van der Waals surface area contributed by atoms with Crippen molar-refractivity contribution in [3.05, 3.63) is 41.0 Å². The third-order valence-electron chi connectivity index (χ3n) is 3.93. The normalized spacial score (nSPS) is 13.2. The lowest BCUT2D eigenvalue weighted by atomic mass is 10.1. The van der Waals surface area contributed by atoms with E-state index in [0.717, 1.165) is 18.8 Å². The molecule has 27 heavy (non-hydrogen) atoms. The molecule has 0 aliphatic carbocycles. The summed E-state index contributed by atoms with van der Waals surface area (Å²) in [6.07, 6.45) is 1.73. The Bertz CT molecular complexity index is 769. The fraction of sp³-hybridized carbons (Fsp3) is 0.294. The maximum Gasteiger partial charge on any atom is 0.260 e. The number of benzene rings is 1. The van der Waals surface area contributed by atoms with E-state index in [1.807, 2.05) is 6.07 Å². The molecule has 3 rings (SSSR count). The van der Waals surface area contributed by atoms with Crippen LogP contribution in [0.4, 0.5) is 17.2 Å². The topological polar surface area (TPSA) is 89.7 Å². The van der Waals surface area contributed by atoms with Crippen molar-refractivity contribution in [1.29, 1.82) is 0 Å². The van der Waals surface area contributed by atoms with E-state index < -0.39 is 0 Å². The number of hydrogen-bond acceptors (Lipinski definition) is 6. The summed E-state index contributed by atoms with van der Waals surface area (Å²) in [5.41, 5.74) is 7.37. The van der Waals surface area contributed by atoms with Gasteiger partial charge >= 0.3 is 0 Å². The number of nitrogens with two attached hydrogens (primary N) is 1. The number of amides is 1. The van der Waals surface area contributed by atoms with E-state index in [-0.39, 0.29) is 30.7 Å². The molecule has 1 saturated heterocycles. The molecule has 2 aromatic rings. The highest BCUT2D eigenvalue weighted by Gasteiger charge is 2.16. The second-order valence-corrected chi connectivity index (χ2v) is 5.94. The molecule has 1 amide bonds. The number of halogens is 3.